The van der Waals surface area contributed by atoms with Gasteiger partial charge in [-0.3, -0.25) is 0 Å². The molecule has 0 unspecified atom stereocenters. The average Bonchev–Trinajstić information content (AvgIpc) is 3.44. The number of unbranched alkanes of at least 4 members (excludes halogenated alkanes) is 1. The fourth-order valence-electron chi connectivity index (χ4n) is 3.86. The molecule has 4 heteroatoms. The number of hydrogen-bond donors (Lipinski definition) is 0. The molecule has 0 atom stereocenters. The fraction of sp³-hybridized carbons (Fsp3) is 0.185. The normalized spacial score (nSPS) is 9.87. The van der Waals surface area contributed by atoms with E-state index in [-0.39, 0.29) is 35.6 Å². The number of aromatic nitrogens is 1. The van der Waals surface area contributed by atoms with Crippen molar-refractivity contribution in [1.82, 2.24) is 4.57 Å². The first-order chi connectivity index (χ1) is 13.8. The molecule has 0 aliphatic heterocycles. The van der Waals surface area contributed by atoms with Gasteiger partial charge in [0, 0.05) is 11.1 Å². The van der Waals surface area contributed by atoms with E-state index < -0.39 is 0 Å². The number of halogens is 2. The second-order valence-corrected chi connectivity index (χ2v) is 7.42. The maximum atomic E-state index is 2.33. The maximum Gasteiger partial charge on any atom is 4.00 e. The van der Waals surface area contributed by atoms with Gasteiger partial charge in [0.1, 0.15) is 0 Å². The molecular weight excluding hydrogens is 468 g/mol. The van der Waals surface area contributed by atoms with Gasteiger partial charge in [0.2, 0.25) is 0 Å². The van der Waals surface area contributed by atoms with E-state index in [0.717, 1.165) is 0 Å². The van der Waals surface area contributed by atoms with E-state index in [1.165, 1.54) is 57.9 Å². The van der Waals surface area contributed by atoms with E-state index in [0.29, 0.717) is 0 Å². The third-order valence-electron chi connectivity index (χ3n) is 5.31. The van der Waals surface area contributed by atoms with Gasteiger partial charge in [-0.25, -0.2) is 12.1 Å². The number of para-hydroxylation sites is 1. The van der Waals surface area contributed by atoms with Gasteiger partial charge >= 0.3 is 26.2 Å². The molecule has 1 heterocycles. The quantitative estimate of drug-likeness (QED) is 0.334. The predicted molar refractivity (Wildman–Crippen MR) is 122 cm³/mol. The number of rotatable bonds is 4. The van der Waals surface area contributed by atoms with Crippen LogP contribution in [0.3, 0.4) is 0 Å². The minimum atomic E-state index is 0. The number of hydrogen-bond acceptors (Lipinski definition) is 0. The number of aryl methyl sites for hydroxylation is 2. The summed E-state index contributed by atoms with van der Waals surface area (Å²) in [6, 6.07) is 32.4. The molecule has 1 nitrogen and oxygen atoms in total. The Labute approximate surface area is 202 Å². The zero-order valence-corrected chi connectivity index (χ0v) is 20.4. The van der Waals surface area contributed by atoms with Gasteiger partial charge in [0.05, 0.1) is 5.52 Å². The molecule has 0 bridgehead atoms. The smallest absolute Gasteiger partial charge is 1.00 e. The van der Waals surface area contributed by atoms with Crippen molar-refractivity contribution < 1.29 is 35.6 Å². The van der Waals surface area contributed by atoms with Crippen LogP contribution in [0.25, 0.3) is 27.4 Å². The van der Waals surface area contributed by atoms with Crippen molar-refractivity contribution in [1.29, 1.82) is 0 Å². The minimum Gasteiger partial charge on any atom is -1.00 e. The van der Waals surface area contributed by atoms with Gasteiger partial charge in [-0.1, -0.05) is 50.5 Å². The first kappa shape index (κ1) is 26.7. The summed E-state index contributed by atoms with van der Waals surface area (Å²) in [5.41, 5.74) is 5.28. The standard InChI is InChI=1S/C18H14N.C9H13.2FH.Zr/c1-13-10-16-8-4-5-9-18(16)19(13)17-11-14-6-2-3-7-15(14)12-17;1-2-3-6-9-7-4-5-8-9;;;/h2-12H,1H3;4-5,7-8H,2-3,6H2,1H3;2*1H;/q2*-1;;;+4/p-2. The molecule has 158 valence electrons. The molecule has 0 saturated carbocycles. The molecule has 1 aromatic heterocycles. The van der Waals surface area contributed by atoms with Gasteiger partial charge in [0.25, 0.3) is 0 Å². The van der Waals surface area contributed by atoms with Crippen LogP contribution < -0.4 is 9.41 Å². The van der Waals surface area contributed by atoms with Crippen molar-refractivity contribution in [3.63, 3.8) is 0 Å². The predicted octanol–water partition coefficient (Wildman–Crippen LogP) is 1.56. The molecule has 0 amide bonds. The summed E-state index contributed by atoms with van der Waals surface area (Å²) in [5, 5.41) is 3.90. The van der Waals surface area contributed by atoms with Crippen LogP contribution >= 0.6 is 0 Å². The molecule has 0 aliphatic carbocycles. The molecule has 5 aromatic rings. The minimum absolute atomic E-state index is 0. The van der Waals surface area contributed by atoms with Crippen molar-refractivity contribution >= 4 is 21.7 Å². The Morgan fingerprint density at radius 2 is 1.48 bits per heavy atom. The largest absolute Gasteiger partial charge is 4.00 e. The van der Waals surface area contributed by atoms with E-state index in [2.05, 4.69) is 109 Å². The molecule has 31 heavy (non-hydrogen) atoms. The summed E-state index contributed by atoms with van der Waals surface area (Å²) in [5.74, 6) is 0. The fourth-order valence-corrected chi connectivity index (χ4v) is 3.86. The Kier molecular flexibility index (Phi) is 10.8. The van der Waals surface area contributed by atoms with Crippen molar-refractivity contribution in [2.45, 2.75) is 33.1 Å². The van der Waals surface area contributed by atoms with Crippen molar-refractivity contribution in [3.05, 3.63) is 102 Å². The summed E-state index contributed by atoms with van der Waals surface area (Å²) in [4.78, 5) is 0. The first-order valence-corrected chi connectivity index (χ1v) is 10.2. The summed E-state index contributed by atoms with van der Waals surface area (Å²) >= 11 is 0. The van der Waals surface area contributed by atoms with Crippen LogP contribution in [0.4, 0.5) is 0 Å². The van der Waals surface area contributed by atoms with E-state index >= 15 is 0 Å². The van der Waals surface area contributed by atoms with Crippen LogP contribution in [0.15, 0.2) is 91.0 Å². The Morgan fingerprint density at radius 3 is 2.16 bits per heavy atom. The van der Waals surface area contributed by atoms with Gasteiger partial charge in [-0.05, 0) is 24.7 Å². The van der Waals surface area contributed by atoms with E-state index in [9.17, 15) is 0 Å². The average molecular weight is 495 g/mol. The van der Waals surface area contributed by atoms with Gasteiger partial charge in [-0.2, -0.15) is 17.7 Å². The Balaban J connectivity index is 0.000000348. The van der Waals surface area contributed by atoms with Gasteiger partial charge in [-0.15, -0.1) is 41.1 Å². The van der Waals surface area contributed by atoms with Gasteiger partial charge in [0.15, 0.2) is 0 Å². The molecule has 4 aromatic carbocycles. The van der Waals surface area contributed by atoms with Crippen LogP contribution in [0, 0.1) is 6.92 Å². The zero-order valence-electron chi connectivity index (χ0n) is 18.0. The van der Waals surface area contributed by atoms with Crippen LogP contribution in [-0.4, -0.2) is 4.57 Å². The van der Waals surface area contributed by atoms with E-state index in [4.69, 9.17) is 0 Å². The molecule has 0 radical (unpaired) electrons. The molecular formula is C27H27F2NZr. The second kappa shape index (κ2) is 12.5. The summed E-state index contributed by atoms with van der Waals surface area (Å²) in [6.07, 6.45) is 3.87. The van der Waals surface area contributed by atoms with E-state index in [1.807, 2.05) is 0 Å². The van der Waals surface area contributed by atoms with Crippen molar-refractivity contribution in [2.24, 2.45) is 0 Å². The topological polar surface area (TPSA) is 4.93 Å². The molecule has 0 aliphatic rings. The Hall–Kier alpha value is -2.32. The number of nitrogens with zero attached hydrogens (tertiary/aromatic N) is 1. The molecule has 0 saturated heterocycles. The zero-order chi connectivity index (χ0) is 19.3. The summed E-state index contributed by atoms with van der Waals surface area (Å²) in [7, 11) is 0. The van der Waals surface area contributed by atoms with Crippen LogP contribution in [0.5, 0.6) is 0 Å². The number of benzene rings is 2. The van der Waals surface area contributed by atoms with Crippen LogP contribution in [0.1, 0.15) is 31.0 Å². The molecule has 0 N–H and O–H groups in total. The first-order valence-electron chi connectivity index (χ1n) is 10.2. The maximum absolute atomic E-state index is 2.33. The van der Waals surface area contributed by atoms with Gasteiger partial charge < -0.3 is 14.0 Å². The van der Waals surface area contributed by atoms with Crippen LogP contribution in [-0.2, 0) is 32.6 Å². The van der Waals surface area contributed by atoms with Crippen LogP contribution in [0.2, 0.25) is 0 Å². The van der Waals surface area contributed by atoms with Crippen molar-refractivity contribution in [2.75, 3.05) is 0 Å². The Bertz CT molecular complexity index is 1140. The SMILES string of the molecule is CCCC[c-]1cccc1.Cc1cc2ccccc2n1-c1cc2ccccc2[cH-]1.[F-].[F-].[Zr+4]. The number of fused-ring (bicyclic) bond motifs is 2. The summed E-state index contributed by atoms with van der Waals surface area (Å²) in [6.45, 7) is 4.39. The third kappa shape index (κ3) is 6.11. The molecule has 0 fully saturated rings. The second-order valence-electron chi connectivity index (χ2n) is 7.42. The Morgan fingerprint density at radius 1 is 0.839 bits per heavy atom. The van der Waals surface area contributed by atoms with E-state index in [1.54, 1.807) is 0 Å². The van der Waals surface area contributed by atoms with Crippen molar-refractivity contribution in [3.8, 4) is 5.69 Å². The monoisotopic (exact) mass is 493 g/mol. The summed E-state index contributed by atoms with van der Waals surface area (Å²) < 4.78 is 2.33. The molecule has 0 spiro atoms. The third-order valence-corrected chi connectivity index (χ3v) is 5.31. The molecule has 5 rings (SSSR count).